The predicted molar refractivity (Wildman–Crippen MR) is 170 cm³/mol. The number of carbonyl (C=O) groups excluding carboxylic acids is 4. The minimum Gasteiger partial charge on any atom is -0.362 e. The van der Waals surface area contributed by atoms with Crippen molar-refractivity contribution >= 4 is 23.5 Å². The third-order valence-electron chi connectivity index (χ3n) is 7.80. The normalized spacial score (nSPS) is 17.1. The molecule has 0 aromatic heterocycles. The highest BCUT2D eigenvalue weighted by atomic mass is 16.5. The molecule has 240 valence electrons. The number of hydrogen-bond acceptors (Lipinski definition) is 7. The van der Waals surface area contributed by atoms with E-state index < -0.39 is 47.4 Å². The number of ketones is 1. The van der Waals surface area contributed by atoms with E-state index in [4.69, 9.17) is 4.74 Å². The van der Waals surface area contributed by atoms with Gasteiger partial charge in [0.05, 0.1) is 12.1 Å². The maximum atomic E-state index is 13.7. The Balaban J connectivity index is 1.63. The number of rotatable bonds is 13. The Morgan fingerprint density at radius 2 is 1.55 bits per heavy atom. The summed E-state index contributed by atoms with van der Waals surface area (Å²) in [4.78, 5) is 57.0. The third kappa shape index (κ3) is 8.74. The van der Waals surface area contributed by atoms with E-state index in [1.54, 1.807) is 27.9 Å². The van der Waals surface area contributed by atoms with Crippen LogP contribution < -0.4 is 16.0 Å². The number of Topliss-reactive ketones (excluding diaryl/α,β-unsaturated/α-hetero) is 1. The molecule has 3 N–H and O–H groups in total. The van der Waals surface area contributed by atoms with E-state index in [1.165, 1.54) is 0 Å². The second-order valence-electron chi connectivity index (χ2n) is 13.3. The standard InChI is InChI=1S/C34H49N5O5/c1-21(2)27(28(40)31(42)35-18-23-14-16-24(17-15-23)19-38(7)8)37-30(41)22(3)36-32(43)29(34(4,5)6)39-20-25-12-10-11-13-26(25)33(39)44-9/h10-17,21-22,27,29,33H,18-20H2,1-9H3,(H,35,42)(H,36,43)(H,37,41)/t22-,27-,29+,33?/m0/s1. The summed E-state index contributed by atoms with van der Waals surface area (Å²) in [5.41, 5.74) is 3.62. The van der Waals surface area contributed by atoms with Crippen molar-refractivity contribution in [3.63, 3.8) is 0 Å². The van der Waals surface area contributed by atoms with Crippen LogP contribution in [0.2, 0.25) is 0 Å². The fourth-order valence-corrected chi connectivity index (χ4v) is 5.62. The van der Waals surface area contributed by atoms with Crippen molar-refractivity contribution in [1.82, 2.24) is 25.8 Å². The molecule has 10 nitrogen and oxygen atoms in total. The smallest absolute Gasteiger partial charge is 0.289 e. The van der Waals surface area contributed by atoms with Gasteiger partial charge in [-0.2, -0.15) is 0 Å². The number of benzene rings is 2. The van der Waals surface area contributed by atoms with Gasteiger partial charge in [0.1, 0.15) is 12.3 Å². The van der Waals surface area contributed by atoms with Crippen LogP contribution in [0.4, 0.5) is 0 Å². The fourth-order valence-electron chi connectivity index (χ4n) is 5.62. The first kappa shape index (κ1) is 34.9. The molecular weight excluding hydrogens is 558 g/mol. The molecule has 1 heterocycles. The van der Waals surface area contributed by atoms with Crippen LogP contribution in [0.3, 0.4) is 0 Å². The monoisotopic (exact) mass is 607 g/mol. The number of carbonyl (C=O) groups is 4. The molecule has 10 heteroatoms. The first-order valence-electron chi connectivity index (χ1n) is 15.2. The second kappa shape index (κ2) is 14.9. The summed E-state index contributed by atoms with van der Waals surface area (Å²) in [6, 6.07) is 13.1. The maximum absolute atomic E-state index is 13.7. The summed E-state index contributed by atoms with van der Waals surface area (Å²) in [5.74, 6) is -2.73. The lowest BCUT2D eigenvalue weighted by atomic mass is 9.84. The van der Waals surface area contributed by atoms with Gasteiger partial charge in [-0.05, 0) is 49.0 Å². The Kier molecular flexibility index (Phi) is 11.8. The fraction of sp³-hybridized carbons (Fsp3) is 0.529. The highest BCUT2D eigenvalue weighted by Gasteiger charge is 2.44. The zero-order valence-corrected chi connectivity index (χ0v) is 27.6. The van der Waals surface area contributed by atoms with Crippen LogP contribution in [0, 0.1) is 11.3 Å². The van der Waals surface area contributed by atoms with Crippen LogP contribution in [0.15, 0.2) is 48.5 Å². The van der Waals surface area contributed by atoms with Crippen LogP contribution in [0.25, 0.3) is 0 Å². The average molecular weight is 608 g/mol. The van der Waals surface area contributed by atoms with Crippen molar-refractivity contribution in [3.05, 3.63) is 70.8 Å². The first-order chi connectivity index (χ1) is 20.6. The van der Waals surface area contributed by atoms with Crippen molar-refractivity contribution < 1.29 is 23.9 Å². The molecule has 0 radical (unpaired) electrons. The van der Waals surface area contributed by atoms with Crippen LogP contribution in [0.1, 0.15) is 70.0 Å². The zero-order valence-electron chi connectivity index (χ0n) is 27.6. The number of methoxy groups -OCH3 is 1. The number of amides is 3. The molecular formula is C34H49N5O5. The lowest BCUT2D eigenvalue weighted by molar-refractivity contribution is -0.143. The molecule has 1 aliphatic heterocycles. The summed E-state index contributed by atoms with van der Waals surface area (Å²) >= 11 is 0. The molecule has 4 atom stereocenters. The molecule has 0 saturated heterocycles. The Bertz CT molecular complexity index is 1320. The van der Waals surface area contributed by atoms with Gasteiger partial charge in [-0.25, -0.2) is 0 Å². The summed E-state index contributed by atoms with van der Waals surface area (Å²) in [5, 5.41) is 8.22. The van der Waals surface area contributed by atoms with Crippen LogP contribution >= 0.6 is 0 Å². The lowest BCUT2D eigenvalue weighted by Crippen LogP contribution is -2.59. The van der Waals surface area contributed by atoms with Gasteiger partial charge in [0.15, 0.2) is 0 Å². The number of nitrogens with one attached hydrogen (secondary N) is 3. The van der Waals surface area contributed by atoms with Crippen molar-refractivity contribution in [3.8, 4) is 0 Å². The third-order valence-corrected chi connectivity index (χ3v) is 7.80. The lowest BCUT2D eigenvalue weighted by Gasteiger charge is -2.40. The Labute approximate surface area is 261 Å². The SMILES string of the molecule is COC1c2ccccc2CN1[C@H](C(=O)N[C@@H](C)C(=O)N[C@H](C(=O)C(=O)NCc1ccc(CN(C)C)cc1)C(C)C)C(C)(C)C. The molecule has 0 saturated carbocycles. The van der Waals surface area contributed by atoms with Gasteiger partial charge in [0.2, 0.25) is 17.6 Å². The van der Waals surface area contributed by atoms with Gasteiger partial charge in [0.25, 0.3) is 5.91 Å². The number of nitrogens with zero attached hydrogens (tertiary/aromatic N) is 2. The molecule has 2 aromatic rings. The number of ether oxygens (including phenoxy) is 1. The predicted octanol–water partition coefficient (Wildman–Crippen LogP) is 3.15. The molecule has 0 aliphatic carbocycles. The van der Waals surface area contributed by atoms with Crippen molar-refractivity contribution in [2.75, 3.05) is 21.2 Å². The Hall–Kier alpha value is -3.60. The molecule has 0 fully saturated rings. The summed E-state index contributed by atoms with van der Waals surface area (Å²) < 4.78 is 5.81. The summed E-state index contributed by atoms with van der Waals surface area (Å²) in [6.45, 7) is 12.5. The molecule has 0 spiro atoms. The maximum Gasteiger partial charge on any atom is 0.289 e. The van der Waals surface area contributed by atoms with Crippen LogP contribution in [-0.4, -0.2) is 72.6 Å². The minimum absolute atomic E-state index is 0.190. The molecule has 2 aromatic carbocycles. The van der Waals surface area contributed by atoms with Crippen molar-refractivity contribution in [2.45, 2.75) is 85.5 Å². The van der Waals surface area contributed by atoms with Crippen LogP contribution in [0.5, 0.6) is 0 Å². The van der Waals surface area contributed by atoms with Gasteiger partial charge in [-0.1, -0.05) is 83.1 Å². The Morgan fingerprint density at radius 3 is 2.11 bits per heavy atom. The molecule has 3 amide bonds. The molecule has 3 rings (SSSR count). The number of fused-ring (bicyclic) bond motifs is 1. The van der Waals surface area contributed by atoms with E-state index in [1.807, 2.05) is 88.3 Å². The summed E-state index contributed by atoms with van der Waals surface area (Å²) in [6.07, 6.45) is -0.400. The molecule has 44 heavy (non-hydrogen) atoms. The molecule has 1 unspecified atom stereocenters. The van der Waals surface area contributed by atoms with Crippen LogP contribution in [-0.2, 0) is 43.5 Å². The van der Waals surface area contributed by atoms with E-state index in [0.717, 1.165) is 28.8 Å². The quantitative estimate of drug-likeness (QED) is 0.299. The summed E-state index contributed by atoms with van der Waals surface area (Å²) in [7, 11) is 5.60. The zero-order chi connectivity index (χ0) is 32.8. The number of hydrogen-bond donors (Lipinski definition) is 3. The molecule has 0 bridgehead atoms. The van der Waals surface area contributed by atoms with Gasteiger partial charge in [0, 0.05) is 32.3 Å². The highest BCUT2D eigenvalue weighted by Crippen LogP contribution is 2.40. The largest absolute Gasteiger partial charge is 0.362 e. The van der Waals surface area contributed by atoms with Gasteiger partial charge in [-0.3, -0.25) is 24.1 Å². The molecule has 1 aliphatic rings. The van der Waals surface area contributed by atoms with Gasteiger partial charge in [-0.15, -0.1) is 0 Å². The second-order valence-corrected chi connectivity index (χ2v) is 13.3. The van der Waals surface area contributed by atoms with E-state index in [0.29, 0.717) is 6.54 Å². The Morgan fingerprint density at radius 1 is 0.932 bits per heavy atom. The van der Waals surface area contributed by atoms with E-state index in [9.17, 15) is 19.2 Å². The van der Waals surface area contributed by atoms with E-state index >= 15 is 0 Å². The van der Waals surface area contributed by atoms with Gasteiger partial charge >= 0.3 is 0 Å². The van der Waals surface area contributed by atoms with Crippen molar-refractivity contribution in [1.29, 1.82) is 0 Å². The minimum atomic E-state index is -1.05. The average Bonchev–Trinajstić information content (AvgIpc) is 3.31. The van der Waals surface area contributed by atoms with E-state index in [2.05, 4.69) is 20.9 Å². The van der Waals surface area contributed by atoms with Gasteiger partial charge < -0.3 is 25.6 Å². The van der Waals surface area contributed by atoms with E-state index in [-0.39, 0.29) is 18.4 Å². The van der Waals surface area contributed by atoms with Crippen molar-refractivity contribution in [2.24, 2.45) is 11.3 Å². The first-order valence-corrected chi connectivity index (χ1v) is 15.2. The highest BCUT2D eigenvalue weighted by molar-refractivity contribution is 6.38. The topological polar surface area (TPSA) is 120 Å².